The lowest BCUT2D eigenvalue weighted by Crippen LogP contribution is -2.56. The largest absolute Gasteiger partial charge is 0.497 e. The monoisotopic (exact) mass is 642 g/mol. The second-order valence-corrected chi connectivity index (χ2v) is 13.7. The van der Waals surface area contributed by atoms with Crippen molar-refractivity contribution in [3.63, 3.8) is 0 Å². The van der Waals surface area contributed by atoms with Gasteiger partial charge in [0.2, 0.25) is 11.8 Å². The number of aromatic amines is 1. The number of methoxy groups -OCH3 is 1. The van der Waals surface area contributed by atoms with Crippen LogP contribution in [0, 0.1) is 12.8 Å². The Morgan fingerprint density at radius 3 is 2.64 bits per heavy atom. The summed E-state index contributed by atoms with van der Waals surface area (Å²) in [5.41, 5.74) is 7.53. The zero-order chi connectivity index (χ0) is 33.1. The highest BCUT2D eigenvalue weighted by atomic mass is 32.2. The van der Waals surface area contributed by atoms with Gasteiger partial charge in [-0.05, 0) is 83.4 Å². The Kier molecular flexibility index (Phi) is 13.5. The van der Waals surface area contributed by atoms with Crippen LogP contribution in [0.15, 0.2) is 35.1 Å². The first kappa shape index (κ1) is 36.1. The number of rotatable bonds is 13. The predicted octanol–water partition coefficient (Wildman–Crippen LogP) is 4.14. The molecule has 45 heavy (non-hydrogen) atoms. The Labute approximate surface area is 270 Å². The van der Waals surface area contributed by atoms with Crippen LogP contribution >= 0.6 is 11.9 Å². The van der Waals surface area contributed by atoms with Crippen LogP contribution in [0.5, 0.6) is 5.75 Å². The number of fused-ring (bicyclic) bond motifs is 1. The minimum Gasteiger partial charge on any atom is -0.497 e. The Bertz CT molecular complexity index is 1410. The molecule has 1 aliphatic heterocycles. The van der Waals surface area contributed by atoms with E-state index >= 15 is 0 Å². The van der Waals surface area contributed by atoms with Crippen molar-refractivity contribution in [2.75, 3.05) is 13.7 Å². The van der Waals surface area contributed by atoms with Crippen molar-refractivity contribution in [3.05, 3.63) is 46.4 Å². The van der Waals surface area contributed by atoms with Crippen LogP contribution in [0.1, 0.15) is 84.8 Å². The number of aromatic nitrogens is 2. The molecule has 4 atom stereocenters. The molecular weight excluding hydrogens is 592 g/mol. The molecule has 1 saturated carbocycles. The molecule has 4 rings (SSSR count). The number of likely N-dealkylation sites (tertiary alicyclic amines) is 1. The summed E-state index contributed by atoms with van der Waals surface area (Å²) >= 11 is 1.45. The molecule has 1 aromatic heterocycles. The summed E-state index contributed by atoms with van der Waals surface area (Å²) in [6, 6.07) is 3.49. The van der Waals surface area contributed by atoms with Gasteiger partial charge in [0.15, 0.2) is 0 Å². The lowest BCUT2D eigenvalue weighted by Gasteiger charge is -2.29. The zero-order valence-electron chi connectivity index (χ0n) is 27.5. The summed E-state index contributed by atoms with van der Waals surface area (Å²) in [6.07, 6.45) is 12.1. The van der Waals surface area contributed by atoms with Gasteiger partial charge in [0.25, 0.3) is 11.5 Å². The molecule has 2 heterocycles. The van der Waals surface area contributed by atoms with E-state index in [1.165, 1.54) is 24.8 Å². The number of carbonyl (C=O) groups is 3. The van der Waals surface area contributed by atoms with Gasteiger partial charge in [-0.2, -0.15) is 0 Å². The number of nitrogens with two attached hydrogens (primary N) is 1. The third kappa shape index (κ3) is 10.6. The highest BCUT2D eigenvalue weighted by molar-refractivity contribution is 7.99. The maximum Gasteiger partial charge on any atom is 0.269 e. The Hall–Kier alpha value is -3.38. The number of benzene rings is 1. The van der Waals surface area contributed by atoms with Gasteiger partial charge in [-0.15, -0.1) is 0 Å². The summed E-state index contributed by atoms with van der Waals surface area (Å²) < 4.78 is 8.10. The normalized spacial score (nSPS) is 18.9. The molecule has 1 saturated heterocycles. The maximum atomic E-state index is 13.1. The van der Waals surface area contributed by atoms with Crippen molar-refractivity contribution in [1.82, 2.24) is 24.9 Å². The number of nitrogens with one attached hydrogen (secondary N) is 3. The molecule has 0 bridgehead atoms. The van der Waals surface area contributed by atoms with Gasteiger partial charge in [-0.25, -0.2) is 4.98 Å². The van der Waals surface area contributed by atoms with E-state index in [0.29, 0.717) is 29.9 Å². The molecule has 11 nitrogen and oxygen atoms in total. The fourth-order valence-electron chi connectivity index (χ4n) is 4.98. The lowest BCUT2D eigenvalue weighted by molar-refractivity contribution is -0.140. The first-order valence-electron chi connectivity index (χ1n) is 15.9. The van der Waals surface area contributed by atoms with Crippen LogP contribution in [0.3, 0.4) is 0 Å². The molecule has 0 radical (unpaired) electrons. The summed E-state index contributed by atoms with van der Waals surface area (Å²) in [4.78, 5) is 58.2. The van der Waals surface area contributed by atoms with E-state index in [0.717, 1.165) is 37.6 Å². The number of hydrogen-bond donors (Lipinski definition) is 4. The van der Waals surface area contributed by atoms with E-state index in [4.69, 9.17) is 10.5 Å². The van der Waals surface area contributed by atoms with Gasteiger partial charge in [0.1, 0.15) is 23.5 Å². The lowest BCUT2D eigenvalue weighted by atomic mass is 9.99. The molecule has 2 fully saturated rings. The summed E-state index contributed by atoms with van der Waals surface area (Å²) in [5.74, 6) is -0.142. The van der Waals surface area contributed by atoms with Crippen LogP contribution in [0.2, 0.25) is 0 Å². The van der Waals surface area contributed by atoms with E-state index in [-0.39, 0.29) is 33.9 Å². The first-order chi connectivity index (χ1) is 21.4. The molecular formula is C33H50N6O5S. The highest BCUT2D eigenvalue weighted by Gasteiger charge is 2.41. The number of aryl methyl sites for hydroxylation is 1. The van der Waals surface area contributed by atoms with Crippen LogP contribution in [-0.2, 0) is 14.4 Å². The molecule has 2 unspecified atom stereocenters. The number of nitrogens with zero attached hydrogens (tertiary/aromatic N) is 2. The quantitative estimate of drug-likeness (QED) is 0.144. The molecule has 248 valence electrons. The van der Waals surface area contributed by atoms with Crippen molar-refractivity contribution < 1.29 is 19.1 Å². The standard InChI is InChI=1S/C23H40N4O3S.C10H10N2O2/c1-5-6-7-8-9-11-16(2)19(21(29)26-31-23(4)13-14-23)25-20(28)18-12-10-15-27(18)22(30)17(3)24;1-6-10(13)12-9-5-7(14-2)3-4-8(9)11-6/h9,11,16-19H,5-8,10,12-15,24H2,1-4H3,(H,25,28)(H,26,29);3-5H,1-2H3,(H,12,13)/b11-9-;/t16-,17-,18?,19?;/m0./s1. The Morgan fingerprint density at radius 1 is 1.27 bits per heavy atom. The second-order valence-electron chi connectivity index (χ2n) is 12.3. The molecule has 1 aliphatic carbocycles. The average molecular weight is 643 g/mol. The second kappa shape index (κ2) is 16.8. The van der Waals surface area contributed by atoms with Gasteiger partial charge in [-0.1, -0.05) is 38.8 Å². The van der Waals surface area contributed by atoms with Gasteiger partial charge >= 0.3 is 0 Å². The SMILES string of the molecule is CCCCC/C=C\[C@H](C)C(NC(=O)C1CCCN1C(=O)[C@H](C)N)C(=O)NSC1(C)CC1.COc1ccc2nc(C)c(=O)[nH]c2c1. The number of allylic oxidation sites excluding steroid dienone is 1. The summed E-state index contributed by atoms with van der Waals surface area (Å²) in [5, 5.41) is 2.94. The third-order valence-electron chi connectivity index (χ3n) is 8.17. The van der Waals surface area contributed by atoms with Gasteiger partial charge in [-0.3, -0.25) is 23.9 Å². The van der Waals surface area contributed by atoms with E-state index in [2.05, 4.69) is 39.9 Å². The van der Waals surface area contributed by atoms with Crippen molar-refractivity contribution >= 4 is 40.7 Å². The topological polar surface area (TPSA) is 160 Å². The third-order valence-corrected chi connectivity index (χ3v) is 9.37. The molecule has 1 aromatic carbocycles. The van der Waals surface area contributed by atoms with Crippen molar-refractivity contribution in [1.29, 1.82) is 0 Å². The van der Waals surface area contributed by atoms with E-state index in [9.17, 15) is 19.2 Å². The van der Waals surface area contributed by atoms with E-state index in [1.54, 1.807) is 31.9 Å². The predicted molar refractivity (Wildman–Crippen MR) is 180 cm³/mol. The van der Waals surface area contributed by atoms with Crippen LogP contribution in [-0.4, -0.2) is 69.1 Å². The fraction of sp³-hybridized carbons (Fsp3) is 0.606. The first-order valence-corrected chi connectivity index (χ1v) is 16.8. The van der Waals surface area contributed by atoms with Gasteiger partial charge in [0.05, 0.1) is 24.2 Å². The number of H-pyrrole nitrogens is 1. The number of carbonyl (C=O) groups excluding carboxylic acids is 3. The Balaban J connectivity index is 0.000000325. The van der Waals surface area contributed by atoms with Crippen LogP contribution in [0.4, 0.5) is 0 Å². The maximum absolute atomic E-state index is 13.1. The van der Waals surface area contributed by atoms with Crippen LogP contribution in [0.25, 0.3) is 11.0 Å². The van der Waals surface area contributed by atoms with Gasteiger partial charge in [0, 0.05) is 23.3 Å². The van der Waals surface area contributed by atoms with Crippen molar-refractivity contribution in [2.45, 2.75) is 109 Å². The van der Waals surface area contributed by atoms with E-state index in [1.807, 2.05) is 25.1 Å². The number of amides is 3. The van der Waals surface area contributed by atoms with Gasteiger partial charge < -0.3 is 25.7 Å². The fourth-order valence-corrected chi connectivity index (χ4v) is 5.76. The number of ether oxygens (including phenoxy) is 1. The summed E-state index contributed by atoms with van der Waals surface area (Å²) in [6.45, 7) is 10.1. The zero-order valence-corrected chi connectivity index (χ0v) is 28.3. The summed E-state index contributed by atoms with van der Waals surface area (Å²) in [7, 11) is 1.58. The molecule has 12 heteroatoms. The highest BCUT2D eigenvalue weighted by Crippen LogP contribution is 2.46. The number of hydrogen-bond acceptors (Lipinski definition) is 8. The molecule has 3 amide bonds. The van der Waals surface area contributed by atoms with E-state index < -0.39 is 18.1 Å². The van der Waals surface area contributed by atoms with Crippen LogP contribution < -0.4 is 26.1 Å². The minimum atomic E-state index is -0.683. The van der Waals surface area contributed by atoms with Crippen molar-refractivity contribution in [3.8, 4) is 5.75 Å². The molecule has 2 aliphatic rings. The molecule has 2 aromatic rings. The smallest absolute Gasteiger partial charge is 0.269 e. The molecule has 0 spiro atoms. The average Bonchev–Trinajstić information content (AvgIpc) is 3.55. The van der Waals surface area contributed by atoms with Crippen molar-refractivity contribution in [2.24, 2.45) is 11.7 Å². The Morgan fingerprint density at radius 2 is 2.00 bits per heavy atom. The number of unbranched alkanes of at least 4 members (excludes halogenated alkanes) is 3. The molecule has 5 N–H and O–H groups in total. The minimum absolute atomic E-state index is 0.107.